The topological polar surface area (TPSA) is 78.9 Å². The summed E-state index contributed by atoms with van der Waals surface area (Å²) < 4.78 is 16.3. The molecule has 0 spiro atoms. The predicted octanol–water partition coefficient (Wildman–Crippen LogP) is 10.5. The molecule has 0 aliphatic carbocycles. The number of carbonyl (C=O) groups excluding carboxylic acids is 3. The first kappa shape index (κ1) is 40.9. The van der Waals surface area contributed by atoms with Crippen LogP contribution in [-0.4, -0.2) is 37.2 Å². The first-order chi connectivity index (χ1) is 21.0. The third-order valence-electron chi connectivity index (χ3n) is 7.46. The van der Waals surface area contributed by atoms with Crippen molar-refractivity contribution >= 4 is 17.9 Å². The van der Waals surface area contributed by atoms with E-state index in [0.29, 0.717) is 19.3 Å². The van der Waals surface area contributed by atoms with E-state index in [4.69, 9.17) is 14.2 Å². The van der Waals surface area contributed by atoms with Crippen LogP contribution in [0, 0.1) is 0 Å². The largest absolute Gasteiger partial charge is 0.462 e. The summed E-state index contributed by atoms with van der Waals surface area (Å²) in [5.74, 6) is -0.927. The van der Waals surface area contributed by atoms with Crippen molar-refractivity contribution < 1.29 is 28.6 Å². The number of rotatable bonds is 31. The van der Waals surface area contributed by atoms with Gasteiger partial charge >= 0.3 is 17.9 Å². The number of hydrogen-bond acceptors (Lipinski definition) is 6. The zero-order chi connectivity index (χ0) is 31.6. The Morgan fingerprint density at radius 1 is 0.465 bits per heavy atom. The van der Waals surface area contributed by atoms with Gasteiger partial charge in [0.05, 0.1) is 0 Å². The van der Waals surface area contributed by atoms with Crippen LogP contribution in [0.2, 0.25) is 0 Å². The number of hydrogen-bond donors (Lipinski definition) is 0. The smallest absolute Gasteiger partial charge is 0.306 e. The van der Waals surface area contributed by atoms with Crippen molar-refractivity contribution in [2.45, 2.75) is 181 Å². The fraction of sp³-hybridized carbons (Fsp3) is 0.811. The van der Waals surface area contributed by atoms with Gasteiger partial charge in [-0.1, -0.05) is 129 Å². The first-order valence-corrected chi connectivity index (χ1v) is 17.8. The van der Waals surface area contributed by atoms with Crippen LogP contribution >= 0.6 is 0 Å². The van der Waals surface area contributed by atoms with E-state index < -0.39 is 6.10 Å². The Balaban J connectivity index is 4.20. The molecule has 0 rings (SSSR count). The van der Waals surface area contributed by atoms with E-state index in [1.807, 2.05) is 0 Å². The molecule has 0 saturated carbocycles. The van der Waals surface area contributed by atoms with E-state index in [2.05, 4.69) is 45.1 Å². The summed E-state index contributed by atoms with van der Waals surface area (Å²) in [7, 11) is 0. The van der Waals surface area contributed by atoms with Gasteiger partial charge in [-0.2, -0.15) is 0 Å². The Morgan fingerprint density at radius 2 is 0.837 bits per heavy atom. The van der Waals surface area contributed by atoms with Crippen LogP contribution in [0.1, 0.15) is 175 Å². The first-order valence-electron chi connectivity index (χ1n) is 17.8. The predicted molar refractivity (Wildman–Crippen MR) is 178 cm³/mol. The van der Waals surface area contributed by atoms with Crippen molar-refractivity contribution in [1.29, 1.82) is 0 Å². The minimum absolute atomic E-state index is 0.0770. The summed E-state index contributed by atoms with van der Waals surface area (Å²) in [5.41, 5.74) is 0. The van der Waals surface area contributed by atoms with Gasteiger partial charge in [0.15, 0.2) is 6.10 Å². The van der Waals surface area contributed by atoms with Gasteiger partial charge < -0.3 is 14.2 Å². The molecule has 0 amide bonds. The van der Waals surface area contributed by atoms with E-state index in [9.17, 15) is 14.4 Å². The van der Waals surface area contributed by atoms with Gasteiger partial charge in [0.1, 0.15) is 13.2 Å². The maximum absolute atomic E-state index is 12.4. The van der Waals surface area contributed by atoms with Gasteiger partial charge in [0.2, 0.25) is 0 Å². The molecule has 6 nitrogen and oxygen atoms in total. The summed E-state index contributed by atoms with van der Waals surface area (Å²) in [6, 6.07) is 0. The zero-order valence-electron chi connectivity index (χ0n) is 28.2. The van der Waals surface area contributed by atoms with Crippen LogP contribution in [0.3, 0.4) is 0 Å². The quantitative estimate of drug-likeness (QED) is 0.0338. The summed E-state index contributed by atoms with van der Waals surface area (Å²) in [5, 5.41) is 0. The summed E-state index contributed by atoms with van der Waals surface area (Å²) in [4.78, 5) is 36.9. The van der Waals surface area contributed by atoms with E-state index in [1.165, 1.54) is 38.5 Å². The molecular formula is C37H66O6. The van der Waals surface area contributed by atoms with E-state index in [1.54, 1.807) is 0 Å². The molecule has 0 saturated heterocycles. The molecule has 0 radical (unpaired) electrons. The third kappa shape index (κ3) is 31.1. The monoisotopic (exact) mass is 606 g/mol. The number of unbranched alkanes of at least 4 members (excludes halogenated alkanes) is 16. The molecule has 0 aromatic heterocycles. The molecule has 0 aliphatic heterocycles. The molecule has 0 N–H and O–H groups in total. The van der Waals surface area contributed by atoms with E-state index in [0.717, 1.165) is 96.3 Å². The second kappa shape index (κ2) is 32.8. The summed E-state index contributed by atoms with van der Waals surface area (Å²) in [6.07, 6.45) is 32.2. The van der Waals surface area contributed by atoms with Gasteiger partial charge in [-0.05, 0) is 51.4 Å². The van der Waals surface area contributed by atoms with Crippen molar-refractivity contribution in [2.75, 3.05) is 13.2 Å². The van der Waals surface area contributed by atoms with Crippen LogP contribution in [-0.2, 0) is 28.6 Å². The SMILES string of the molecule is CCCCC/C=C/C/C=C/CCCCCCCC(=O)OCC(COC(=O)CCCCCCC)OC(=O)CCCCCCC. The molecule has 6 heteroatoms. The molecule has 0 fully saturated rings. The number of ether oxygens (including phenoxy) is 3. The highest BCUT2D eigenvalue weighted by molar-refractivity contribution is 5.71. The normalized spacial score (nSPS) is 12.2. The Kier molecular flexibility index (Phi) is 31.2. The lowest BCUT2D eigenvalue weighted by atomic mass is 10.1. The maximum Gasteiger partial charge on any atom is 0.306 e. The summed E-state index contributed by atoms with van der Waals surface area (Å²) >= 11 is 0. The average molecular weight is 607 g/mol. The van der Waals surface area contributed by atoms with Crippen LogP contribution in [0.5, 0.6) is 0 Å². The standard InChI is InChI=1S/C37H66O6/c1-4-7-10-13-14-15-16-17-18-19-20-21-22-25-27-30-36(39)42-33-34(43-37(40)31-28-24-12-9-6-3)32-41-35(38)29-26-23-11-8-5-2/h14-15,17-18,34H,4-13,16,19-33H2,1-3H3/b15-14+,18-17+. The van der Waals surface area contributed by atoms with Crippen molar-refractivity contribution in [3.63, 3.8) is 0 Å². The molecule has 0 aromatic carbocycles. The fourth-order valence-corrected chi connectivity index (χ4v) is 4.70. The highest BCUT2D eigenvalue weighted by Gasteiger charge is 2.19. The Morgan fingerprint density at radius 3 is 1.33 bits per heavy atom. The minimum Gasteiger partial charge on any atom is -0.462 e. The molecular weight excluding hydrogens is 540 g/mol. The van der Waals surface area contributed by atoms with Gasteiger partial charge in [0.25, 0.3) is 0 Å². The molecule has 0 aromatic rings. The lowest BCUT2D eigenvalue weighted by Gasteiger charge is -2.18. The second-order valence-corrected chi connectivity index (χ2v) is 11.8. The number of carbonyl (C=O) groups is 3. The van der Waals surface area contributed by atoms with Crippen molar-refractivity contribution in [2.24, 2.45) is 0 Å². The van der Waals surface area contributed by atoms with Gasteiger partial charge in [-0.15, -0.1) is 0 Å². The van der Waals surface area contributed by atoms with Crippen LogP contribution < -0.4 is 0 Å². The van der Waals surface area contributed by atoms with Gasteiger partial charge in [-0.3, -0.25) is 14.4 Å². The van der Waals surface area contributed by atoms with Crippen molar-refractivity contribution in [3.8, 4) is 0 Å². The summed E-state index contributed by atoms with van der Waals surface area (Å²) in [6.45, 7) is 6.39. The molecule has 0 heterocycles. The van der Waals surface area contributed by atoms with Crippen LogP contribution in [0.25, 0.3) is 0 Å². The molecule has 250 valence electrons. The fourth-order valence-electron chi connectivity index (χ4n) is 4.70. The molecule has 1 unspecified atom stereocenters. The van der Waals surface area contributed by atoms with Crippen LogP contribution in [0.15, 0.2) is 24.3 Å². The highest BCUT2D eigenvalue weighted by atomic mass is 16.6. The second-order valence-electron chi connectivity index (χ2n) is 11.8. The lowest BCUT2D eigenvalue weighted by Crippen LogP contribution is -2.30. The van der Waals surface area contributed by atoms with Crippen molar-refractivity contribution in [1.82, 2.24) is 0 Å². The molecule has 0 aliphatic rings. The minimum atomic E-state index is -0.763. The van der Waals surface area contributed by atoms with E-state index in [-0.39, 0.29) is 31.1 Å². The van der Waals surface area contributed by atoms with Gasteiger partial charge in [-0.25, -0.2) is 0 Å². The Bertz CT molecular complexity index is 714. The average Bonchev–Trinajstić information content (AvgIpc) is 3.00. The Labute approximate surface area is 264 Å². The number of allylic oxidation sites excluding steroid dienone is 4. The molecule has 43 heavy (non-hydrogen) atoms. The zero-order valence-corrected chi connectivity index (χ0v) is 28.2. The number of esters is 3. The van der Waals surface area contributed by atoms with Crippen LogP contribution in [0.4, 0.5) is 0 Å². The van der Waals surface area contributed by atoms with Gasteiger partial charge in [0, 0.05) is 19.3 Å². The third-order valence-corrected chi connectivity index (χ3v) is 7.46. The lowest BCUT2D eigenvalue weighted by molar-refractivity contribution is -0.167. The Hall–Kier alpha value is -2.11. The molecule has 1 atom stereocenters. The highest BCUT2D eigenvalue weighted by Crippen LogP contribution is 2.11. The molecule has 0 bridgehead atoms. The van der Waals surface area contributed by atoms with Crippen molar-refractivity contribution in [3.05, 3.63) is 24.3 Å². The van der Waals surface area contributed by atoms with E-state index >= 15 is 0 Å². The maximum atomic E-state index is 12.4.